The molecule has 0 radical (unpaired) electrons. The van der Waals surface area contributed by atoms with Crippen LogP contribution in [0.3, 0.4) is 0 Å². The van der Waals surface area contributed by atoms with E-state index in [1.54, 1.807) is 18.9 Å². The minimum absolute atomic E-state index is 0.159. The monoisotopic (exact) mass is 573 g/mol. The normalized spacial score (nSPS) is 24.3. The number of carbonyl (C=O) groups is 3. The van der Waals surface area contributed by atoms with Gasteiger partial charge < -0.3 is 20.9 Å². The van der Waals surface area contributed by atoms with E-state index < -0.39 is 44.9 Å². The zero-order valence-electron chi connectivity index (χ0n) is 22.0. The van der Waals surface area contributed by atoms with Crippen LogP contribution in [0, 0.1) is 0 Å². The molecule has 3 amide bonds. The van der Waals surface area contributed by atoms with Gasteiger partial charge in [0.15, 0.2) is 0 Å². The van der Waals surface area contributed by atoms with Gasteiger partial charge >= 0.3 is 0 Å². The lowest BCUT2D eigenvalue weighted by atomic mass is 9.98. The summed E-state index contributed by atoms with van der Waals surface area (Å²) in [5.41, 5.74) is 1.83. The first-order valence-electron chi connectivity index (χ1n) is 13.0. The maximum Gasteiger partial charge on any atom is 0.247 e. The highest BCUT2D eigenvalue weighted by Gasteiger charge is 2.46. The molecule has 0 saturated carbocycles. The Morgan fingerprint density at radius 1 is 1.03 bits per heavy atom. The third kappa shape index (κ3) is 6.82. The zero-order valence-corrected chi connectivity index (χ0v) is 23.6. The van der Waals surface area contributed by atoms with Crippen LogP contribution in [0.4, 0.5) is 0 Å². The second-order valence-corrected chi connectivity index (χ2v) is 12.7. The Morgan fingerprint density at radius 2 is 1.62 bits per heavy atom. The summed E-state index contributed by atoms with van der Waals surface area (Å²) in [6.07, 6.45) is 1.38. The third-order valence-electron chi connectivity index (χ3n) is 7.48. The van der Waals surface area contributed by atoms with Gasteiger partial charge in [-0.05, 0) is 44.4 Å². The summed E-state index contributed by atoms with van der Waals surface area (Å²) in [6.45, 7) is 1.57. The van der Waals surface area contributed by atoms with Crippen LogP contribution in [-0.4, -0.2) is 80.0 Å². The van der Waals surface area contributed by atoms with E-state index >= 15 is 0 Å². The fraction of sp³-hybridized carbons (Fsp3) is 0.444. The predicted molar refractivity (Wildman–Crippen MR) is 151 cm³/mol. The second-order valence-electron chi connectivity index (χ2n) is 9.95. The SMILES string of the molecule is CNC(C)C(=O)NC1CN(S(=O)(O)=S)CCC2CCC(C(=O)NC(c3ccccc3)c3ccccc3)N2C1=O. The summed E-state index contributed by atoms with van der Waals surface area (Å²) in [7, 11) is -2.15. The molecule has 2 fully saturated rings. The number of benzene rings is 2. The Kier molecular flexibility index (Phi) is 9.34. The molecule has 2 aliphatic heterocycles. The molecule has 210 valence electrons. The molecule has 2 aliphatic rings. The van der Waals surface area contributed by atoms with Gasteiger partial charge in [0.25, 0.3) is 0 Å². The fourth-order valence-corrected chi connectivity index (χ4v) is 6.32. The third-order valence-corrected chi connectivity index (χ3v) is 9.09. The van der Waals surface area contributed by atoms with Crippen molar-refractivity contribution in [3.63, 3.8) is 0 Å². The number of hydrogen-bond acceptors (Lipinski definition) is 6. The standard InChI is InChI=1S/C27H35N5O5S2/c1-18(28-2)25(33)29-22-17-31(39(36,37)38)16-15-21-13-14-23(32(21)27(22)35)26(34)30-24(19-9-5-3-6-10-19)20-11-7-4-8-12-20/h3-12,18,21-24,28H,13-17H2,1-2H3,(H,29,33)(H,30,34)(H,36,37,38). The van der Waals surface area contributed by atoms with Crippen molar-refractivity contribution >= 4 is 37.9 Å². The average molecular weight is 574 g/mol. The van der Waals surface area contributed by atoms with Crippen LogP contribution < -0.4 is 16.0 Å². The fourth-order valence-electron chi connectivity index (χ4n) is 5.24. The van der Waals surface area contributed by atoms with Crippen molar-refractivity contribution in [2.75, 3.05) is 20.1 Å². The number of hydrogen-bond donors (Lipinski definition) is 4. The summed E-state index contributed by atoms with van der Waals surface area (Å²) in [5.74, 6) is -1.19. The van der Waals surface area contributed by atoms with Gasteiger partial charge in [0.05, 0.1) is 12.1 Å². The molecule has 39 heavy (non-hydrogen) atoms. The molecule has 10 nitrogen and oxygen atoms in total. The Morgan fingerprint density at radius 3 is 2.15 bits per heavy atom. The molecule has 0 bridgehead atoms. The van der Waals surface area contributed by atoms with E-state index in [1.165, 1.54) is 4.31 Å². The number of nitrogens with one attached hydrogen (secondary N) is 3. The van der Waals surface area contributed by atoms with Gasteiger partial charge in [-0.3, -0.25) is 18.9 Å². The molecule has 0 aromatic heterocycles. The van der Waals surface area contributed by atoms with E-state index in [-0.39, 0.29) is 25.0 Å². The Hall–Kier alpha value is -2.90. The van der Waals surface area contributed by atoms with Gasteiger partial charge in [-0.1, -0.05) is 60.7 Å². The lowest BCUT2D eigenvalue weighted by Crippen LogP contribution is -2.62. The first-order valence-corrected chi connectivity index (χ1v) is 15.4. The van der Waals surface area contributed by atoms with Gasteiger partial charge in [-0.25, -0.2) is 4.21 Å². The van der Waals surface area contributed by atoms with Crippen molar-refractivity contribution in [2.24, 2.45) is 0 Å². The quantitative estimate of drug-likeness (QED) is 0.373. The summed E-state index contributed by atoms with van der Waals surface area (Å²) in [6, 6.07) is 16.0. The molecule has 0 spiro atoms. The van der Waals surface area contributed by atoms with Crippen LogP contribution in [0.2, 0.25) is 0 Å². The largest absolute Gasteiger partial charge is 0.343 e. The summed E-state index contributed by atoms with van der Waals surface area (Å²) in [5, 5.41) is 8.68. The average Bonchev–Trinajstić information content (AvgIpc) is 3.35. The van der Waals surface area contributed by atoms with Crippen LogP contribution in [0.15, 0.2) is 60.7 Å². The topological polar surface area (TPSA) is 131 Å². The van der Waals surface area contributed by atoms with Crippen molar-refractivity contribution in [3.8, 4) is 0 Å². The molecule has 5 atom stereocenters. The number of rotatable bonds is 8. The van der Waals surface area contributed by atoms with Gasteiger partial charge in [0, 0.05) is 30.3 Å². The van der Waals surface area contributed by atoms with Crippen molar-refractivity contribution < 1.29 is 23.1 Å². The van der Waals surface area contributed by atoms with Gasteiger partial charge in [0.2, 0.25) is 26.7 Å². The minimum atomic E-state index is -3.77. The maximum atomic E-state index is 13.9. The van der Waals surface area contributed by atoms with Crippen LogP contribution in [0.1, 0.15) is 43.4 Å². The molecule has 4 N–H and O–H groups in total. The Labute approximate surface area is 234 Å². The molecule has 0 aliphatic carbocycles. The lowest BCUT2D eigenvalue weighted by molar-refractivity contribution is -0.144. The number of likely N-dealkylation sites (N-methyl/N-ethyl adjacent to an activating group) is 1. The first-order chi connectivity index (χ1) is 18.6. The Balaban J connectivity index is 1.61. The lowest BCUT2D eigenvalue weighted by Gasteiger charge is -2.38. The predicted octanol–water partition coefficient (Wildman–Crippen LogP) is 1.18. The van der Waals surface area contributed by atoms with Crippen LogP contribution in [-0.2, 0) is 34.5 Å². The van der Waals surface area contributed by atoms with Crippen LogP contribution >= 0.6 is 0 Å². The van der Waals surface area contributed by atoms with Crippen molar-refractivity contribution in [3.05, 3.63) is 71.8 Å². The van der Waals surface area contributed by atoms with E-state index in [2.05, 4.69) is 16.0 Å². The van der Waals surface area contributed by atoms with Crippen molar-refractivity contribution in [2.45, 2.75) is 56.4 Å². The smallest absolute Gasteiger partial charge is 0.247 e. The first kappa shape index (κ1) is 29.1. The summed E-state index contributed by atoms with van der Waals surface area (Å²) >= 11 is 4.81. The van der Waals surface area contributed by atoms with E-state index in [1.807, 2.05) is 60.7 Å². The molecule has 4 rings (SSSR count). The highest BCUT2D eigenvalue weighted by molar-refractivity contribution is 8.28. The Bertz CT molecular complexity index is 1240. The molecule has 5 unspecified atom stereocenters. The van der Waals surface area contributed by atoms with Gasteiger partial charge in [0.1, 0.15) is 12.1 Å². The number of amides is 3. The molecular weight excluding hydrogens is 538 g/mol. The van der Waals surface area contributed by atoms with E-state index in [0.717, 1.165) is 11.1 Å². The zero-order chi connectivity index (χ0) is 28.2. The molecule has 2 heterocycles. The van der Waals surface area contributed by atoms with E-state index in [4.69, 9.17) is 11.2 Å². The van der Waals surface area contributed by atoms with Gasteiger partial charge in [-0.15, -0.1) is 0 Å². The molecule has 2 aromatic rings. The molecule has 12 heteroatoms. The number of carbonyl (C=O) groups excluding carboxylic acids is 3. The van der Waals surface area contributed by atoms with E-state index in [0.29, 0.717) is 19.3 Å². The second kappa shape index (κ2) is 12.5. The number of fused-ring (bicyclic) bond motifs is 1. The minimum Gasteiger partial charge on any atom is -0.343 e. The van der Waals surface area contributed by atoms with Gasteiger partial charge in [-0.2, -0.15) is 4.31 Å². The van der Waals surface area contributed by atoms with E-state index in [9.17, 15) is 23.1 Å². The highest BCUT2D eigenvalue weighted by atomic mass is 32.8. The summed E-state index contributed by atoms with van der Waals surface area (Å²) < 4.78 is 23.6. The summed E-state index contributed by atoms with van der Waals surface area (Å²) in [4.78, 5) is 42.0. The highest BCUT2D eigenvalue weighted by Crippen LogP contribution is 2.31. The molecule has 2 aromatic carbocycles. The van der Waals surface area contributed by atoms with Crippen molar-refractivity contribution in [1.82, 2.24) is 25.2 Å². The maximum absolute atomic E-state index is 13.9. The number of nitrogens with zero attached hydrogens (tertiary/aromatic N) is 2. The van der Waals surface area contributed by atoms with Crippen molar-refractivity contribution in [1.29, 1.82) is 0 Å². The molecule has 2 saturated heterocycles. The van der Waals surface area contributed by atoms with Crippen LogP contribution in [0.5, 0.6) is 0 Å². The van der Waals surface area contributed by atoms with Crippen LogP contribution in [0.25, 0.3) is 0 Å². The molecular formula is C27H35N5O5S2.